The summed E-state index contributed by atoms with van der Waals surface area (Å²) in [5.41, 5.74) is 6.00. The fraction of sp³-hybridized carbons (Fsp3) is 0.290. The Bertz CT molecular complexity index is 7130. The summed E-state index contributed by atoms with van der Waals surface area (Å²) in [6.45, 7) is 33.1. The number of likely N-dealkylation sites (N-methyl/N-ethyl adjacent to an activating group) is 2. The summed E-state index contributed by atoms with van der Waals surface area (Å²) >= 11 is 0. The van der Waals surface area contributed by atoms with Gasteiger partial charge in [-0.3, -0.25) is 52.4 Å². The van der Waals surface area contributed by atoms with E-state index < -0.39 is 75.0 Å². The van der Waals surface area contributed by atoms with Crippen LogP contribution < -0.4 is 45.9 Å². The molecule has 13 heterocycles. The van der Waals surface area contributed by atoms with Gasteiger partial charge in [-0.25, -0.2) is 36.9 Å². The van der Waals surface area contributed by atoms with Crippen LogP contribution in [0.5, 0.6) is 17.2 Å². The molecule has 0 saturated carbocycles. The molecule has 6 aliphatic heterocycles. The van der Waals surface area contributed by atoms with Crippen molar-refractivity contribution in [3.05, 3.63) is 266 Å². The van der Waals surface area contributed by atoms with Gasteiger partial charge in [-0.1, -0.05) is 134 Å². The van der Waals surface area contributed by atoms with E-state index in [-0.39, 0.29) is 136 Å². The molecule has 6 atom stereocenters. The van der Waals surface area contributed by atoms with E-state index in [4.69, 9.17) is 9.72 Å². The number of H-pyrrole nitrogens is 1. The van der Waals surface area contributed by atoms with Crippen LogP contribution in [0.1, 0.15) is 102 Å². The molecule has 0 spiro atoms. The molecule has 672 valence electrons. The molecule has 3 fully saturated rings. The average molecular weight is 1780 g/mol. The number of aryl methyl sites for hydroxylation is 1. The average Bonchev–Trinajstić information content (AvgIpc) is 1.06. The van der Waals surface area contributed by atoms with Crippen molar-refractivity contribution in [2.24, 2.45) is 0 Å². The highest BCUT2D eigenvalue weighted by Crippen LogP contribution is 2.49. The van der Waals surface area contributed by atoms with E-state index in [0.717, 1.165) is 45.3 Å². The molecule has 26 nitrogen and oxygen atoms in total. The van der Waals surface area contributed by atoms with Crippen LogP contribution in [0.3, 0.4) is 0 Å². The van der Waals surface area contributed by atoms with Crippen molar-refractivity contribution in [3.8, 4) is 68.1 Å². The minimum atomic E-state index is -0.924. The molecule has 6 aromatic carbocycles. The highest BCUT2D eigenvalue weighted by molar-refractivity contribution is 6.12. The second-order valence-electron chi connectivity index (χ2n) is 35.1. The Kier molecular flexibility index (Phi) is 23.1. The minimum Gasteiger partial charge on any atom is -0.507 e. The highest BCUT2D eigenvalue weighted by Gasteiger charge is 2.48. The zero-order chi connectivity index (χ0) is 93.2. The number of rotatable bonds is 12. The molecule has 6 aliphatic rings. The lowest BCUT2D eigenvalue weighted by Gasteiger charge is -2.51. The standard InChI is InChI=1S/C34H33FN6O3.C33H31F2N5O4.C33H33F2N5O3/c1-6-28(42)39-16-21-17-44-32-31(40(21)15-20(39)5)23-13-25(35)30(29-19(4)11-12-26-24(29)14-36-38-26)37-33(23)41(34(32)43)27-10-8-7-9-22(27)18(2)3;1-6-26(42)38-16-24-32(43)37(5)30-29(39(24)15-18(38)4)20-14-22(35)28(27-21(34)11-9-13-25(27)41)36-31(20)40(33(30)44)23-12-8-7-10-19(23)17(2)3;1-6-27(42)38-17-20-16-37(5)31-30(39(20)15-19(38)4)22-14-24(35)29(28-23(34)11-9-13-26(28)41)36-32(22)40(33(31)43)25-12-8-7-10-21(25)18(2)3/h6-14,18,20-21H,1,15-17H2,2-5H3,(H,36,38);6-14,17-18,24,41H,1,15-16H2,2-5H3;6-14,18-20,41H,1,15-17H2,2-5H3. The van der Waals surface area contributed by atoms with E-state index in [2.05, 4.69) is 63.5 Å². The van der Waals surface area contributed by atoms with Crippen molar-refractivity contribution < 1.29 is 56.1 Å². The van der Waals surface area contributed by atoms with Crippen molar-refractivity contribution in [1.29, 1.82) is 0 Å². The monoisotopic (exact) mass is 1780 g/mol. The Morgan fingerprint density at radius 1 is 0.458 bits per heavy atom. The first-order valence-corrected chi connectivity index (χ1v) is 43.4. The van der Waals surface area contributed by atoms with Crippen molar-refractivity contribution in [2.45, 2.75) is 123 Å². The molecule has 0 aliphatic carbocycles. The lowest BCUT2D eigenvalue weighted by atomic mass is 9.97. The zero-order valence-electron chi connectivity index (χ0n) is 74.3. The maximum Gasteiger partial charge on any atom is 0.301 e. The number of phenolic OH excluding ortho intramolecular Hbond substituents is 2. The Hall–Kier alpha value is -14.8. The SMILES string of the molecule is C=CC(=O)N1CC2C(=O)N(C)c3c(c4cc(F)c(-c5c(O)cccc5F)nc4n(-c4ccccc4C(C)C)c3=O)N2CC1C.C=CC(=O)N1CC2CN(C)c3c(c4cc(F)c(-c5c(O)cccc5F)nc4n(-c4ccccc4C(C)C)c3=O)N2CC1C.C=CC(=O)N1CC2COc3c(c4cc(F)c(-c5c(C)ccc6[nH]ncc56)nc4n(-c4ccccc4C(C)C)c3=O)N2CC1C. The number of benzene rings is 6. The molecule has 4 amide bonds. The van der Waals surface area contributed by atoms with Gasteiger partial charge in [0, 0.05) is 98.6 Å². The molecular weight excluding hydrogens is 1680 g/mol. The van der Waals surface area contributed by atoms with Crippen LogP contribution in [0.4, 0.5) is 50.4 Å². The number of pyridine rings is 6. The Morgan fingerprint density at radius 2 is 0.863 bits per heavy atom. The van der Waals surface area contributed by atoms with Gasteiger partial charge in [-0.2, -0.15) is 5.10 Å². The number of aromatic hydroxyl groups is 2. The third-order valence-electron chi connectivity index (χ3n) is 26.0. The molecule has 0 bridgehead atoms. The normalized spacial score (nSPS) is 18.1. The topological polar surface area (TPSA) is 277 Å². The van der Waals surface area contributed by atoms with E-state index in [1.165, 1.54) is 81.8 Å². The minimum absolute atomic E-state index is 0.0275. The van der Waals surface area contributed by atoms with E-state index >= 15 is 22.0 Å². The summed E-state index contributed by atoms with van der Waals surface area (Å²) < 4.78 is 89.2. The number of hydrogen-bond acceptors (Lipinski definition) is 18. The number of hydrogen-bond donors (Lipinski definition) is 3. The van der Waals surface area contributed by atoms with Gasteiger partial charge < -0.3 is 54.1 Å². The third kappa shape index (κ3) is 14.8. The molecule has 131 heavy (non-hydrogen) atoms. The number of carbonyl (C=O) groups excluding carboxylic acids is 4. The molecule has 19 rings (SSSR count). The van der Waals surface area contributed by atoms with Crippen LogP contribution in [0, 0.1) is 36.0 Å². The highest BCUT2D eigenvalue weighted by atomic mass is 19.1. The lowest BCUT2D eigenvalue weighted by Crippen LogP contribution is -2.66. The summed E-state index contributed by atoms with van der Waals surface area (Å²) in [4.78, 5) is 124. The Morgan fingerprint density at radius 3 is 1.32 bits per heavy atom. The first-order chi connectivity index (χ1) is 62.7. The number of nitrogens with zero attached hydrogens (tertiary/aromatic N) is 15. The number of nitrogens with one attached hydrogen (secondary N) is 1. The molecule has 6 unspecified atom stereocenters. The van der Waals surface area contributed by atoms with Gasteiger partial charge in [0.15, 0.2) is 28.6 Å². The number of halogens is 5. The first-order valence-electron chi connectivity index (χ1n) is 43.4. The number of fused-ring (bicyclic) bond motifs is 16. The van der Waals surface area contributed by atoms with Crippen LogP contribution >= 0.6 is 0 Å². The van der Waals surface area contributed by atoms with Crippen molar-refractivity contribution in [2.75, 3.05) is 91.0 Å². The summed E-state index contributed by atoms with van der Waals surface area (Å²) in [5, 5.41) is 30.0. The van der Waals surface area contributed by atoms with Crippen LogP contribution in [-0.4, -0.2) is 190 Å². The molecule has 3 saturated heterocycles. The van der Waals surface area contributed by atoms with E-state index in [1.807, 2.05) is 140 Å². The fourth-order valence-corrected chi connectivity index (χ4v) is 19.6. The smallest absolute Gasteiger partial charge is 0.301 e. The van der Waals surface area contributed by atoms with Crippen molar-refractivity contribution in [1.82, 2.24) is 53.6 Å². The predicted molar refractivity (Wildman–Crippen MR) is 498 cm³/mol. The van der Waals surface area contributed by atoms with Crippen LogP contribution in [-0.2, 0) is 19.2 Å². The molecule has 13 aromatic rings. The van der Waals surface area contributed by atoms with E-state index in [1.54, 1.807) is 42.5 Å². The lowest BCUT2D eigenvalue weighted by molar-refractivity contribution is -0.131. The van der Waals surface area contributed by atoms with E-state index in [9.17, 15) is 43.8 Å². The summed E-state index contributed by atoms with van der Waals surface area (Å²) in [7, 11) is 3.30. The fourth-order valence-electron chi connectivity index (χ4n) is 19.6. The molecule has 7 aromatic heterocycles. The second kappa shape index (κ2) is 34.3. The number of anilines is 5. The maximum atomic E-state index is 16.4. The van der Waals surface area contributed by atoms with Gasteiger partial charge in [-0.15, -0.1) is 0 Å². The number of ether oxygens (including phenoxy) is 1. The molecule has 31 heteroatoms. The van der Waals surface area contributed by atoms with Gasteiger partial charge in [0.25, 0.3) is 17.0 Å². The van der Waals surface area contributed by atoms with Crippen LogP contribution in [0.15, 0.2) is 198 Å². The van der Waals surface area contributed by atoms with Gasteiger partial charge in [-0.05, 0) is 153 Å². The number of aromatic nitrogens is 8. The quantitative estimate of drug-likeness (QED) is 0.0757. The molecule has 3 N–H and O–H groups in total. The van der Waals surface area contributed by atoms with Gasteiger partial charge in [0.1, 0.15) is 70.1 Å². The Labute approximate surface area is 750 Å². The zero-order valence-corrected chi connectivity index (χ0v) is 74.3. The summed E-state index contributed by atoms with van der Waals surface area (Å²) in [6, 6.07) is 35.4. The summed E-state index contributed by atoms with van der Waals surface area (Å²) in [5.74, 6) is -5.74. The molecular formula is C100H97F5N16O10. The van der Waals surface area contributed by atoms with Crippen LogP contribution in [0.2, 0.25) is 0 Å². The van der Waals surface area contributed by atoms with Crippen molar-refractivity contribution >= 4 is 96.1 Å². The first kappa shape index (κ1) is 88.3. The number of carbonyl (C=O) groups is 4. The number of amides is 4. The summed E-state index contributed by atoms with van der Waals surface area (Å²) in [6.07, 6.45) is 5.47. The van der Waals surface area contributed by atoms with Gasteiger partial charge >= 0.3 is 5.56 Å². The van der Waals surface area contributed by atoms with E-state index in [0.29, 0.717) is 94.5 Å². The largest absolute Gasteiger partial charge is 0.507 e. The predicted octanol–water partition coefficient (Wildman–Crippen LogP) is 15.4. The third-order valence-corrected chi connectivity index (χ3v) is 26.0. The second-order valence-corrected chi connectivity index (χ2v) is 35.1. The van der Waals surface area contributed by atoms with Crippen LogP contribution in [0.25, 0.3) is 94.8 Å². The van der Waals surface area contributed by atoms with Crippen molar-refractivity contribution in [3.63, 3.8) is 0 Å². The number of aromatic amines is 1. The number of phenols is 2. The number of piperazine rings is 3. The Balaban J connectivity index is 0.000000137. The van der Waals surface area contributed by atoms with Gasteiger partial charge in [0.05, 0.1) is 75.6 Å². The number of para-hydroxylation sites is 3. The van der Waals surface area contributed by atoms with Gasteiger partial charge in [0.2, 0.25) is 23.5 Å². The molecule has 0 radical (unpaired) electrons. The maximum absolute atomic E-state index is 16.4.